The van der Waals surface area contributed by atoms with Crippen molar-refractivity contribution in [3.63, 3.8) is 0 Å². The SMILES string of the molecule is CCNC(=NCCc1csc(N2CCCC2)n1)Nc1ccc2c(c1)OCCCO2.I. The second-order valence-electron chi connectivity index (χ2n) is 7.16. The molecule has 7 nitrogen and oxygen atoms in total. The number of halogens is 1. The number of hydrogen-bond donors (Lipinski definition) is 2. The summed E-state index contributed by atoms with van der Waals surface area (Å²) in [6.07, 6.45) is 4.28. The van der Waals surface area contributed by atoms with E-state index < -0.39 is 0 Å². The Kier molecular flexibility index (Phi) is 8.86. The van der Waals surface area contributed by atoms with Gasteiger partial charge < -0.3 is 25.0 Å². The van der Waals surface area contributed by atoms with Gasteiger partial charge in [0.1, 0.15) is 0 Å². The number of anilines is 2. The number of aliphatic imine (C=N–C) groups is 1. The van der Waals surface area contributed by atoms with E-state index in [2.05, 4.69) is 27.8 Å². The zero-order valence-corrected chi connectivity index (χ0v) is 20.5. The Morgan fingerprint density at radius 3 is 2.77 bits per heavy atom. The van der Waals surface area contributed by atoms with Gasteiger partial charge in [-0.2, -0.15) is 0 Å². The fraction of sp³-hybridized carbons (Fsp3) is 0.524. The molecule has 2 aromatic rings. The number of benzene rings is 1. The molecule has 1 aromatic heterocycles. The molecule has 0 atom stereocenters. The number of thiazole rings is 1. The van der Waals surface area contributed by atoms with E-state index in [9.17, 15) is 0 Å². The minimum atomic E-state index is 0. The van der Waals surface area contributed by atoms with Gasteiger partial charge in [0.25, 0.3) is 0 Å². The Balaban J connectivity index is 0.00000256. The minimum Gasteiger partial charge on any atom is -0.490 e. The Morgan fingerprint density at radius 1 is 1.17 bits per heavy atom. The Hall–Kier alpha value is -1.75. The van der Waals surface area contributed by atoms with Gasteiger partial charge in [-0.25, -0.2) is 4.98 Å². The fourth-order valence-electron chi connectivity index (χ4n) is 3.43. The molecular weight excluding hydrogens is 513 g/mol. The molecule has 9 heteroatoms. The van der Waals surface area contributed by atoms with Crippen LogP contribution in [0.15, 0.2) is 28.6 Å². The van der Waals surface area contributed by atoms with Crippen LogP contribution in [0.25, 0.3) is 0 Å². The smallest absolute Gasteiger partial charge is 0.195 e. The zero-order chi connectivity index (χ0) is 19.9. The number of ether oxygens (including phenoxy) is 2. The molecule has 1 saturated heterocycles. The molecule has 164 valence electrons. The molecule has 0 aliphatic carbocycles. The van der Waals surface area contributed by atoms with Crippen LogP contribution in [0.4, 0.5) is 10.8 Å². The predicted octanol–water partition coefficient (Wildman–Crippen LogP) is 4.14. The summed E-state index contributed by atoms with van der Waals surface area (Å²) in [5.41, 5.74) is 2.05. The number of nitrogens with one attached hydrogen (secondary N) is 2. The third kappa shape index (κ3) is 6.13. The summed E-state index contributed by atoms with van der Waals surface area (Å²) in [7, 11) is 0. The van der Waals surface area contributed by atoms with E-state index in [0.29, 0.717) is 19.8 Å². The van der Waals surface area contributed by atoms with Gasteiger partial charge in [-0.3, -0.25) is 4.99 Å². The molecule has 0 bridgehead atoms. The van der Waals surface area contributed by atoms with Crippen LogP contribution in [-0.2, 0) is 6.42 Å². The molecule has 1 fully saturated rings. The minimum absolute atomic E-state index is 0. The van der Waals surface area contributed by atoms with E-state index in [-0.39, 0.29) is 24.0 Å². The van der Waals surface area contributed by atoms with E-state index in [0.717, 1.165) is 66.4 Å². The van der Waals surface area contributed by atoms with Crippen LogP contribution in [0.1, 0.15) is 31.9 Å². The number of nitrogens with zero attached hydrogens (tertiary/aromatic N) is 3. The topological polar surface area (TPSA) is 71.0 Å². The van der Waals surface area contributed by atoms with Crippen LogP contribution in [0.2, 0.25) is 0 Å². The van der Waals surface area contributed by atoms with E-state index in [1.165, 1.54) is 12.8 Å². The Labute approximate surface area is 199 Å². The van der Waals surface area contributed by atoms with Crippen molar-refractivity contribution in [2.75, 3.05) is 49.6 Å². The van der Waals surface area contributed by atoms with Crippen LogP contribution in [-0.4, -0.2) is 50.3 Å². The molecule has 4 rings (SSSR count). The quantitative estimate of drug-likeness (QED) is 0.324. The van der Waals surface area contributed by atoms with Crippen LogP contribution in [0, 0.1) is 0 Å². The fourth-order valence-corrected chi connectivity index (χ4v) is 4.35. The van der Waals surface area contributed by atoms with E-state index in [1.54, 1.807) is 11.3 Å². The monoisotopic (exact) mass is 543 g/mol. The first-order valence-corrected chi connectivity index (χ1v) is 11.3. The third-order valence-electron chi connectivity index (χ3n) is 4.91. The van der Waals surface area contributed by atoms with Gasteiger partial charge in [-0.05, 0) is 31.9 Å². The highest BCUT2D eigenvalue weighted by Gasteiger charge is 2.15. The van der Waals surface area contributed by atoms with Gasteiger partial charge in [-0.1, -0.05) is 0 Å². The molecule has 30 heavy (non-hydrogen) atoms. The lowest BCUT2D eigenvalue weighted by Gasteiger charge is -2.13. The first-order chi connectivity index (χ1) is 14.3. The van der Waals surface area contributed by atoms with Gasteiger partial charge in [0.15, 0.2) is 22.6 Å². The maximum atomic E-state index is 5.78. The van der Waals surface area contributed by atoms with Gasteiger partial charge in [-0.15, -0.1) is 35.3 Å². The van der Waals surface area contributed by atoms with Crippen molar-refractivity contribution in [3.8, 4) is 11.5 Å². The lowest BCUT2D eigenvalue weighted by molar-refractivity contribution is 0.297. The molecule has 1 aromatic carbocycles. The standard InChI is InChI=1S/C21H29N5O2S.HI/c1-2-22-20(24-16-6-7-18-19(14-16)28-13-5-12-27-18)23-9-8-17-15-29-21(25-17)26-10-3-4-11-26;/h6-7,14-15H,2-5,8-13H2,1H3,(H2,22,23,24);1H. The Morgan fingerprint density at radius 2 is 1.97 bits per heavy atom. The average Bonchev–Trinajstić information content (AvgIpc) is 3.36. The molecule has 2 aliphatic rings. The summed E-state index contributed by atoms with van der Waals surface area (Å²) < 4.78 is 11.5. The van der Waals surface area contributed by atoms with E-state index >= 15 is 0 Å². The van der Waals surface area contributed by atoms with Crippen molar-refractivity contribution in [1.82, 2.24) is 10.3 Å². The van der Waals surface area contributed by atoms with Crippen LogP contribution in [0.3, 0.4) is 0 Å². The van der Waals surface area contributed by atoms with Gasteiger partial charge in [0.05, 0.1) is 18.9 Å². The van der Waals surface area contributed by atoms with Crippen molar-refractivity contribution in [2.24, 2.45) is 4.99 Å². The highest BCUT2D eigenvalue weighted by atomic mass is 127. The molecule has 0 radical (unpaired) electrons. The normalized spacial score (nSPS) is 16.0. The van der Waals surface area contributed by atoms with Gasteiger partial charge in [0, 0.05) is 56.2 Å². The molecule has 2 aliphatic heterocycles. The summed E-state index contributed by atoms with van der Waals surface area (Å²) in [6.45, 7) is 7.19. The lowest BCUT2D eigenvalue weighted by atomic mass is 10.2. The summed E-state index contributed by atoms with van der Waals surface area (Å²) in [5, 5.41) is 9.98. The first kappa shape index (κ1) is 22.9. The summed E-state index contributed by atoms with van der Waals surface area (Å²) in [4.78, 5) is 11.9. The van der Waals surface area contributed by atoms with E-state index in [4.69, 9.17) is 19.5 Å². The number of rotatable bonds is 6. The van der Waals surface area contributed by atoms with Crippen molar-refractivity contribution in [1.29, 1.82) is 0 Å². The molecule has 3 heterocycles. The molecule has 0 unspecified atom stereocenters. The lowest BCUT2D eigenvalue weighted by Crippen LogP contribution is -2.30. The van der Waals surface area contributed by atoms with Crippen molar-refractivity contribution in [2.45, 2.75) is 32.6 Å². The van der Waals surface area contributed by atoms with Crippen molar-refractivity contribution in [3.05, 3.63) is 29.3 Å². The van der Waals surface area contributed by atoms with Crippen LogP contribution in [0.5, 0.6) is 11.5 Å². The van der Waals surface area contributed by atoms with Crippen molar-refractivity contribution < 1.29 is 9.47 Å². The van der Waals surface area contributed by atoms with Crippen LogP contribution < -0.4 is 25.0 Å². The summed E-state index contributed by atoms with van der Waals surface area (Å²) in [5.74, 6) is 2.34. The number of guanidine groups is 1. The summed E-state index contributed by atoms with van der Waals surface area (Å²) >= 11 is 1.74. The molecule has 0 amide bonds. The number of hydrogen-bond acceptors (Lipinski definition) is 6. The van der Waals surface area contributed by atoms with Gasteiger partial charge in [0.2, 0.25) is 0 Å². The van der Waals surface area contributed by atoms with Gasteiger partial charge >= 0.3 is 0 Å². The highest BCUT2D eigenvalue weighted by Crippen LogP contribution is 2.32. The highest BCUT2D eigenvalue weighted by molar-refractivity contribution is 14.0. The van der Waals surface area contributed by atoms with Crippen molar-refractivity contribution >= 4 is 52.1 Å². The molecule has 0 saturated carbocycles. The first-order valence-electron chi connectivity index (χ1n) is 10.5. The third-order valence-corrected chi connectivity index (χ3v) is 5.86. The maximum absolute atomic E-state index is 5.78. The second-order valence-corrected chi connectivity index (χ2v) is 8.00. The zero-order valence-electron chi connectivity index (χ0n) is 17.4. The summed E-state index contributed by atoms with van der Waals surface area (Å²) in [6, 6.07) is 5.90. The van der Waals surface area contributed by atoms with Crippen LogP contribution >= 0.6 is 35.3 Å². The average molecular weight is 543 g/mol. The largest absolute Gasteiger partial charge is 0.490 e. The predicted molar refractivity (Wildman–Crippen MR) is 134 cm³/mol. The molecular formula is C21H30IN5O2S. The molecule has 0 spiro atoms. The molecule has 2 N–H and O–H groups in total. The van der Waals surface area contributed by atoms with E-state index in [1.807, 2.05) is 18.2 Å². The number of aromatic nitrogens is 1. The number of fused-ring (bicyclic) bond motifs is 1. The second kappa shape index (κ2) is 11.6. The maximum Gasteiger partial charge on any atom is 0.195 e. The Bertz CT molecular complexity index is 839.